The topological polar surface area (TPSA) is 114 Å². The molecule has 184 valence electrons. The number of hydrogen-bond donors (Lipinski definition) is 3. The molecule has 2 atom stereocenters. The molecule has 35 heavy (non-hydrogen) atoms. The average Bonchev–Trinajstić information content (AvgIpc) is 3.43. The van der Waals surface area contributed by atoms with Gasteiger partial charge in [-0.1, -0.05) is 55.0 Å². The minimum atomic E-state index is -1.40. The summed E-state index contributed by atoms with van der Waals surface area (Å²) in [5.74, 6) is -1.91. The number of carboxylic acids is 1. The largest absolute Gasteiger partial charge is 0.479 e. The van der Waals surface area contributed by atoms with E-state index in [0.717, 1.165) is 41.5 Å². The molecular weight excluding hydrogens is 448 g/mol. The number of fused-ring (bicyclic) bond motifs is 3. The Morgan fingerprint density at radius 1 is 1.06 bits per heavy atom. The Morgan fingerprint density at radius 3 is 2.26 bits per heavy atom. The van der Waals surface area contributed by atoms with Gasteiger partial charge in [0.05, 0.1) is 12.5 Å². The van der Waals surface area contributed by atoms with Gasteiger partial charge in [-0.3, -0.25) is 4.79 Å². The van der Waals surface area contributed by atoms with Crippen LogP contribution in [0.25, 0.3) is 11.1 Å². The Kier molecular flexibility index (Phi) is 6.47. The number of ether oxygens (including phenoxy) is 2. The second kappa shape index (κ2) is 9.70. The summed E-state index contributed by atoms with van der Waals surface area (Å²) in [7, 11) is 0. The van der Waals surface area contributed by atoms with Crippen LogP contribution in [0.15, 0.2) is 48.5 Å². The molecule has 2 amide bonds. The molecule has 2 aliphatic carbocycles. The molecule has 1 saturated heterocycles. The first-order chi connectivity index (χ1) is 17.0. The van der Waals surface area contributed by atoms with Crippen molar-refractivity contribution in [3.8, 4) is 11.1 Å². The summed E-state index contributed by atoms with van der Waals surface area (Å²) < 4.78 is 10.8. The highest BCUT2D eigenvalue weighted by atomic mass is 16.5. The molecule has 1 aliphatic heterocycles. The van der Waals surface area contributed by atoms with Gasteiger partial charge in [0.2, 0.25) is 5.91 Å². The number of alkyl carbamates (subject to hydrolysis) is 1. The van der Waals surface area contributed by atoms with Crippen molar-refractivity contribution in [2.24, 2.45) is 11.8 Å². The van der Waals surface area contributed by atoms with E-state index in [9.17, 15) is 19.5 Å². The maximum atomic E-state index is 13.1. The van der Waals surface area contributed by atoms with Gasteiger partial charge < -0.3 is 25.2 Å². The van der Waals surface area contributed by atoms with Crippen LogP contribution in [-0.4, -0.2) is 55.0 Å². The van der Waals surface area contributed by atoms with Gasteiger partial charge >= 0.3 is 12.1 Å². The molecule has 2 fully saturated rings. The summed E-state index contributed by atoms with van der Waals surface area (Å²) in [5.41, 5.74) is 3.17. The summed E-state index contributed by atoms with van der Waals surface area (Å²) in [6.07, 6.45) is 2.42. The van der Waals surface area contributed by atoms with E-state index in [0.29, 0.717) is 6.61 Å². The van der Waals surface area contributed by atoms with Crippen molar-refractivity contribution in [3.63, 3.8) is 0 Å². The van der Waals surface area contributed by atoms with Gasteiger partial charge in [-0.2, -0.15) is 0 Å². The van der Waals surface area contributed by atoms with Crippen LogP contribution in [0.3, 0.4) is 0 Å². The van der Waals surface area contributed by atoms with Gasteiger partial charge in [0.1, 0.15) is 6.61 Å². The average molecular weight is 479 g/mol. The van der Waals surface area contributed by atoms with E-state index in [4.69, 9.17) is 9.47 Å². The van der Waals surface area contributed by atoms with Crippen LogP contribution >= 0.6 is 0 Å². The molecular formula is C27H30N2O6. The van der Waals surface area contributed by atoms with Crippen LogP contribution < -0.4 is 10.6 Å². The van der Waals surface area contributed by atoms with Crippen molar-refractivity contribution in [3.05, 3.63) is 59.7 Å². The molecule has 1 saturated carbocycles. The van der Waals surface area contributed by atoms with Crippen molar-refractivity contribution in [1.29, 1.82) is 0 Å². The molecule has 0 radical (unpaired) electrons. The van der Waals surface area contributed by atoms with Crippen molar-refractivity contribution in [2.45, 2.75) is 37.1 Å². The van der Waals surface area contributed by atoms with E-state index in [2.05, 4.69) is 34.9 Å². The third kappa shape index (κ3) is 4.50. The number of hydrogen-bond acceptors (Lipinski definition) is 5. The number of carboxylic acid groups (broad SMARTS) is 1. The zero-order chi connectivity index (χ0) is 24.4. The quantitative estimate of drug-likeness (QED) is 0.537. The molecule has 5 rings (SSSR count). The number of amides is 2. The number of rotatable bonds is 8. The number of carbonyl (C=O) groups excluding carboxylic acids is 2. The van der Waals surface area contributed by atoms with E-state index >= 15 is 0 Å². The Hall–Kier alpha value is -3.39. The Bertz CT molecular complexity index is 1080. The molecule has 8 heteroatoms. The molecule has 1 heterocycles. The summed E-state index contributed by atoms with van der Waals surface area (Å²) >= 11 is 0. The van der Waals surface area contributed by atoms with Crippen molar-refractivity contribution in [1.82, 2.24) is 10.6 Å². The summed E-state index contributed by atoms with van der Waals surface area (Å²) in [4.78, 5) is 37.5. The molecule has 0 aromatic heterocycles. The summed E-state index contributed by atoms with van der Waals surface area (Å²) in [5, 5.41) is 15.1. The monoisotopic (exact) mass is 478 g/mol. The predicted molar refractivity (Wildman–Crippen MR) is 128 cm³/mol. The molecule has 3 aliphatic rings. The van der Waals surface area contributed by atoms with Gasteiger partial charge in [0.25, 0.3) is 0 Å². The summed E-state index contributed by atoms with van der Waals surface area (Å²) in [6.45, 7) is 0.535. The third-order valence-corrected chi connectivity index (χ3v) is 7.66. The van der Waals surface area contributed by atoms with Gasteiger partial charge in [0.15, 0.2) is 5.54 Å². The van der Waals surface area contributed by atoms with Gasteiger partial charge in [0, 0.05) is 25.5 Å². The Morgan fingerprint density at radius 2 is 1.71 bits per heavy atom. The maximum Gasteiger partial charge on any atom is 0.407 e. The molecule has 2 aromatic carbocycles. The van der Waals surface area contributed by atoms with Crippen LogP contribution in [-0.2, 0) is 19.1 Å². The number of nitrogens with one attached hydrogen (secondary N) is 2. The van der Waals surface area contributed by atoms with Crippen molar-refractivity contribution >= 4 is 18.0 Å². The van der Waals surface area contributed by atoms with Crippen molar-refractivity contribution in [2.75, 3.05) is 26.4 Å². The fraction of sp³-hybridized carbons (Fsp3) is 0.444. The highest BCUT2D eigenvalue weighted by Crippen LogP contribution is 2.44. The van der Waals surface area contributed by atoms with Gasteiger partial charge in [-0.25, -0.2) is 9.59 Å². The zero-order valence-corrected chi connectivity index (χ0v) is 19.5. The third-order valence-electron chi connectivity index (χ3n) is 7.66. The lowest BCUT2D eigenvalue weighted by Crippen LogP contribution is -2.58. The first-order valence-corrected chi connectivity index (χ1v) is 12.2. The molecule has 2 unspecified atom stereocenters. The minimum absolute atomic E-state index is 0.0448. The van der Waals surface area contributed by atoms with Crippen LogP contribution in [0, 0.1) is 11.8 Å². The van der Waals surface area contributed by atoms with Crippen LogP contribution in [0.2, 0.25) is 0 Å². The normalized spacial score (nSPS) is 21.9. The van der Waals surface area contributed by atoms with E-state index in [1.54, 1.807) is 0 Å². The van der Waals surface area contributed by atoms with E-state index in [-0.39, 0.29) is 43.9 Å². The second-order valence-corrected chi connectivity index (χ2v) is 9.68. The predicted octanol–water partition coefficient (Wildman–Crippen LogP) is 3.30. The number of benzene rings is 2. The standard InChI is InChI=1S/C27H30N2O6/c30-24(29-27(25(31)32)12-13-34-16-27)22(17-6-5-7-17)14-28-26(33)35-15-23-20-10-3-1-8-18(20)19-9-2-4-11-21(19)23/h1-4,8-11,17,22-23H,5-7,12-16H2,(H,28,33)(H,29,30)(H,31,32). The molecule has 2 aromatic rings. The van der Waals surface area contributed by atoms with E-state index in [1.165, 1.54) is 0 Å². The number of carbonyl (C=O) groups is 3. The van der Waals surface area contributed by atoms with Crippen LogP contribution in [0.1, 0.15) is 42.7 Å². The fourth-order valence-electron chi connectivity index (χ4n) is 5.37. The molecule has 3 N–H and O–H groups in total. The highest BCUT2D eigenvalue weighted by Gasteiger charge is 2.46. The Balaban J connectivity index is 1.20. The lowest BCUT2D eigenvalue weighted by Gasteiger charge is -2.35. The van der Waals surface area contributed by atoms with E-state index < -0.39 is 23.5 Å². The Labute approximate surface area is 204 Å². The van der Waals surface area contributed by atoms with E-state index in [1.807, 2.05) is 24.3 Å². The SMILES string of the molecule is O=C(NCC(C(=O)NC1(C(=O)O)CCOC1)C1CCC1)OCC1c2ccccc2-c2ccccc21. The van der Waals surface area contributed by atoms with Crippen LogP contribution in [0.4, 0.5) is 4.79 Å². The van der Waals surface area contributed by atoms with Crippen LogP contribution in [0.5, 0.6) is 0 Å². The zero-order valence-electron chi connectivity index (χ0n) is 19.5. The first kappa shape index (κ1) is 23.4. The smallest absolute Gasteiger partial charge is 0.407 e. The van der Waals surface area contributed by atoms with Crippen molar-refractivity contribution < 1.29 is 29.0 Å². The lowest BCUT2D eigenvalue weighted by molar-refractivity contribution is -0.149. The number of aliphatic carboxylic acids is 1. The molecule has 0 spiro atoms. The second-order valence-electron chi connectivity index (χ2n) is 9.68. The summed E-state index contributed by atoms with van der Waals surface area (Å²) in [6, 6.07) is 16.3. The molecule has 8 nitrogen and oxygen atoms in total. The molecule has 0 bridgehead atoms. The van der Waals surface area contributed by atoms with Gasteiger partial charge in [-0.05, 0) is 41.0 Å². The lowest BCUT2D eigenvalue weighted by atomic mass is 9.75. The highest BCUT2D eigenvalue weighted by molar-refractivity contribution is 5.89. The fourth-order valence-corrected chi connectivity index (χ4v) is 5.37. The van der Waals surface area contributed by atoms with Gasteiger partial charge in [-0.15, -0.1) is 0 Å². The minimum Gasteiger partial charge on any atom is -0.479 e. The maximum absolute atomic E-state index is 13.1. The first-order valence-electron chi connectivity index (χ1n) is 12.2.